The minimum absolute atomic E-state index is 0.172. The molecule has 29 heavy (non-hydrogen) atoms. The molecule has 0 spiro atoms. The van der Waals surface area contributed by atoms with Crippen LogP contribution in [-0.4, -0.2) is 23.6 Å². The first-order chi connectivity index (χ1) is 14.2. The number of aryl methyl sites for hydroxylation is 1. The van der Waals surface area contributed by atoms with Gasteiger partial charge in [0.1, 0.15) is 5.70 Å². The second-order valence-electron chi connectivity index (χ2n) is 6.62. The third kappa shape index (κ3) is 4.13. The predicted molar refractivity (Wildman–Crippen MR) is 114 cm³/mol. The molecule has 2 heterocycles. The lowest BCUT2D eigenvalue weighted by molar-refractivity contribution is -0.113. The molecule has 0 aromatic heterocycles. The summed E-state index contributed by atoms with van der Waals surface area (Å²) < 4.78 is 10.8. The molecule has 0 fully saturated rings. The lowest BCUT2D eigenvalue weighted by atomic mass is 10.1. The van der Waals surface area contributed by atoms with E-state index in [1.165, 1.54) is 11.8 Å². The Morgan fingerprint density at radius 1 is 1.21 bits per heavy atom. The number of carbonyl (C=O) groups is 1. The van der Waals surface area contributed by atoms with Crippen LogP contribution in [0.5, 0.6) is 11.5 Å². The Morgan fingerprint density at radius 3 is 2.79 bits per heavy atom. The number of unbranched alkanes of at least 4 members (excludes halogenated alkanes) is 1. The summed E-state index contributed by atoms with van der Waals surface area (Å²) in [6.45, 7) is 2.21. The number of thioether (sulfide) groups is 1. The van der Waals surface area contributed by atoms with Crippen LogP contribution in [0.25, 0.3) is 6.08 Å². The molecule has 0 radical (unpaired) electrons. The van der Waals surface area contributed by atoms with E-state index >= 15 is 0 Å². The molecule has 0 aliphatic carbocycles. The molecule has 2 aromatic carbocycles. The first-order valence-corrected chi connectivity index (χ1v) is 10.3. The zero-order valence-corrected chi connectivity index (χ0v) is 16.7. The lowest BCUT2D eigenvalue weighted by Gasteiger charge is -2.17. The fourth-order valence-corrected chi connectivity index (χ4v) is 3.94. The van der Waals surface area contributed by atoms with Crippen LogP contribution >= 0.6 is 11.8 Å². The Balaban J connectivity index is 1.63. The molecule has 7 heteroatoms. The maximum absolute atomic E-state index is 13.1. The first kappa shape index (κ1) is 19.1. The number of hydrogen-bond donors (Lipinski definition) is 0. The van der Waals surface area contributed by atoms with E-state index < -0.39 is 0 Å². The van der Waals surface area contributed by atoms with Crippen molar-refractivity contribution in [3.05, 3.63) is 59.3 Å². The van der Waals surface area contributed by atoms with Gasteiger partial charge in [0.25, 0.3) is 5.91 Å². The molecule has 0 unspecified atom stereocenters. The largest absolute Gasteiger partial charge is 0.454 e. The van der Waals surface area contributed by atoms with E-state index in [4.69, 9.17) is 14.7 Å². The number of anilines is 1. The van der Waals surface area contributed by atoms with Gasteiger partial charge in [-0.1, -0.05) is 35.5 Å². The van der Waals surface area contributed by atoms with Crippen molar-refractivity contribution in [3.8, 4) is 17.6 Å². The van der Waals surface area contributed by atoms with Crippen LogP contribution in [0.15, 0.2) is 53.2 Å². The Bertz CT molecular complexity index is 1040. The molecule has 6 nitrogen and oxygen atoms in total. The number of amidine groups is 1. The highest BCUT2D eigenvalue weighted by atomic mass is 32.2. The summed E-state index contributed by atoms with van der Waals surface area (Å²) >= 11 is 1.49. The lowest BCUT2D eigenvalue weighted by Crippen LogP contribution is -2.30. The van der Waals surface area contributed by atoms with E-state index in [1.807, 2.05) is 49.4 Å². The van der Waals surface area contributed by atoms with Gasteiger partial charge in [0.2, 0.25) is 6.79 Å². The van der Waals surface area contributed by atoms with Crippen molar-refractivity contribution < 1.29 is 14.3 Å². The van der Waals surface area contributed by atoms with E-state index in [2.05, 4.69) is 11.1 Å². The maximum Gasteiger partial charge on any atom is 0.283 e. The quantitative estimate of drug-likeness (QED) is 0.541. The van der Waals surface area contributed by atoms with E-state index in [-0.39, 0.29) is 12.7 Å². The number of hydrogen-bond acceptors (Lipinski definition) is 6. The van der Waals surface area contributed by atoms with Crippen molar-refractivity contribution in [2.75, 3.05) is 17.4 Å². The minimum atomic E-state index is -0.172. The van der Waals surface area contributed by atoms with Crippen LogP contribution in [0.4, 0.5) is 5.69 Å². The zero-order chi connectivity index (χ0) is 20.2. The molecule has 1 amide bonds. The van der Waals surface area contributed by atoms with E-state index in [0.717, 1.165) is 29.0 Å². The Labute approximate surface area is 173 Å². The normalized spacial score (nSPS) is 16.3. The third-order valence-electron chi connectivity index (χ3n) is 4.49. The number of rotatable bonds is 5. The molecule has 4 rings (SSSR count). The highest BCUT2D eigenvalue weighted by Crippen LogP contribution is 2.34. The van der Waals surface area contributed by atoms with E-state index in [9.17, 15) is 4.79 Å². The summed E-state index contributed by atoms with van der Waals surface area (Å²) in [5.41, 5.74) is 3.09. The van der Waals surface area contributed by atoms with Crippen molar-refractivity contribution in [3.63, 3.8) is 0 Å². The highest BCUT2D eigenvalue weighted by molar-refractivity contribution is 8.14. The topological polar surface area (TPSA) is 74.9 Å². The molecular formula is C22H19N3O3S. The number of amides is 1. The van der Waals surface area contributed by atoms with Gasteiger partial charge in [-0.3, -0.25) is 9.69 Å². The monoisotopic (exact) mass is 405 g/mol. The second-order valence-corrected chi connectivity index (χ2v) is 7.68. The van der Waals surface area contributed by atoms with Crippen molar-refractivity contribution in [2.24, 2.45) is 4.99 Å². The number of aliphatic imine (C=N–C) groups is 1. The highest BCUT2D eigenvalue weighted by Gasteiger charge is 2.32. The van der Waals surface area contributed by atoms with Crippen molar-refractivity contribution >= 4 is 34.6 Å². The van der Waals surface area contributed by atoms with Crippen LogP contribution in [0.2, 0.25) is 0 Å². The molecule has 2 aromatic rings. The molecule has 0 saturated heterocycles. The van der Waals surface area contributed by atoms with E-state index in [1.54, 1.807) is 11.0 Å². The van der Waals surface area contributed by atoms with Gasteiger partial charge < -0.3 is 9.47 Å². The van der Waals surface area contributed by atoms with Gasteiger partial charge in [-0.25, -0.2) is 4.99 Å². The van der Waals surface area contributed by atoms with Gasteiger partial charge in [0.05, 0.1) is 11.8 Å². The number of carbonyl (C=O) groups excluding carboxylic acids is 1. The van der Waals surface area contributed by atoms with Crippen LogP contribution in [0.3, 0.4) is 0 Å². The average Bonchev–Trinajstić information content (AvgIpc) is 3.31. The molecular weight excluding hydrogens is 386 g/mol. The molecule has 2 aliphatic heterocycles. The van der Waals surface area contributed by atoms with Crippen LogP contribution < -0.4 is 14.4 Å². The summed E-state index contributed by atoms with van der Waals surface area (Å²) in [4.78, 5) is 19.4. The molecule has 0 N–H and O–H groups in total. The Kier molecular flexibility index (Phi) is 5.54. The number of nitriles is 1. The number of nitrogens with zero attached hydrogens (tertiary/aromatic N) is 3. The van der Waals surface area contributed by atoms with Crippen molar-refractivity contribution in [2.45, 2.75) is 19.8 Å². The molecule has 0 saturated carbocycles. The van der Waals surface area contributed by atoms with Gasteiger partial charge in [0.15, 0.2) is 16.7 Å². The number of fused-ring (bicyclic) bond motifs is 1. The van der Waals surface area contributed by atoms with Gasteiger partial charge >= 0.3 is 0 Å². The average molecular weight is 405 g/mol. The standard InChI is InChI=1S/C22H19N3O3S/c1-15-4-7-17(8-5-15)25-21(26)18(24-22(25)29-11-3-2-10-23)12-16-6-9-19-20(13-16)28-14-27-19/h4-9,12-13H,2-3,11,14H2,1H3/b18-12-. The molecule has 146 valence electrons. The van der Waals surface area contributed by atoms with Crippen LogP contribution in [0.1, 0.15) is 24.0 Å². The summed E-state index contributed by atoms with van der Waals surface area (Å²) in [6.07, 6.45) is 2.99. The third-order valence-corrected chi connectivity index (χ3v) is 5.51. The molecule has 2 aliphatic rings. The number of benzene rings is 2. The SMILES string of the molecule is Cc1ccc(N2C(=O)/C(=C/c3ccc4c(c3)OCO4)N=C2SCCCC#N)cc1. The smallest absolute Gasteiger partial charge is 0.283 e. The van der Waals surface area contributed by atoms with E-state index in [0.29, 0.717) is 28.8 Å². The van der Waals surface area contributed by atoms with Crippen LogP contribution in [-0.2, 0) is 4.79 Å². The van der Waals surface area contributed by atoms with Gasteiger partial charge in [-0.05, 0) is 49.2 Å². The fraction of sp³-hybridized carbons (Fsp3) is 0.227. The Hall–Kier alpha value is -3.24. The van der Waals surface area contributed by atoms with Gasteiger partial charge in [-0.2, -0.15) is 5.26 Å². The fourth-order valence-electron chi connectivity index (χ4n) is 2.99. The maximum atomic E-state index is 13.1. The minimum Gasteiger partial charge on any atom is -0.454 e. The second kappa shape index (κ2) is 8.41. The zero-order valence-electron chi connectivity index (χ0n) is 15.9. The molecule has 0 atom stereocenters. The first-order valence-electron chi connectivity index (χ1n) is 9.26. The Morgan fingerprint density at radius 2 is 2.00 bits per heavy atom. The van der Waals surface area contributed by atoms with Crippen molar-refractivity contribution in [1.29, 1.82) is 5.26 Å². The number of ether oxygens (including phenoxy) is 2. The van der Waals surface area contributed by atoms with Gasteiger partial charge in [-0.15, -0.1) is 0 Å². The molecule has 0 bridgehead atoms. The summed E-state index contributed by atoms with van der Waals surface area (Å²) in [5.74, 6) is 1.91. The van der Waals surface area contributed by atoms with Gasteiger partial charge in [0, 0.05) is 12.2 Å². The predicted octanol–water partition coefficient (Wildman–Crippen LogP) is 4.50. The summed E-state index contributed by atoms with van der Waals surface area (Å²) in [7, 11) is 0. The summed E-state index contributed by atoms with van der Waals surface area (Å²) in [5, 5.41) is 9.38. The van der Waals surface area contributed by atoms with Crippen LogP contribution in [0, 0.1) is 18.3 Å². The summed E-state index contributed by atoms with van der Waals surface area (Å²) in [6, 6.07) is 15.5. The van der Waals surface area contributed by atoms with Crippen molar-refractivity contribution in [1.82, 2.24) is 0 Å².